The van der Waals surface area contributed by atoms with Gasteiger partial charge < -0.3 is 4.52 Å². The van der Waals surface area contributed by atoms with Gasteiger partial charge >= 0.3 is 0 Å². The summed E-state index contributed by atoms with van der Waals surface area (Å²) in [7, 11) is 0. The first-order valence-electron chi connectivity index (χ1n) is 7.89. The molecule has 0 bridgehead atoms. The van der Waals surface area contributed by atoms with E-state index in [-0.39, 0.29) is 0 Å². The molecule has 23 heavy (non-hydrogen) atoms. The van der Waals surface area contributed by atoms with Gasteiger partial charge in [-0.2, -0.15) is 4.98 Å². The molecule has 0 aliphatic carbocycles. The molecule has 116 valence electrons. The second-order valence-corrected chi connectivity index (χ2v) is 5.90. The Balaban J connectivity index is 1.43. The quantitative estimate of drug-likeness (QED) is 0.741. The number of rotatable bonds is 4. The summed E-state index contributed by atoms with van der Waals surface area (Å²) in [6.45, 7) is 2.99. The highest BCUT2D eigenvalue weighted by Gasteiger charge is 2.28. The van der Waals surface area contributed by atoms with Crippen LogP contribution in [0.5, 0.6) is 0 Å². The number of likely N-dealkylation sites (tertiary alicyclic amines) is 1. The molecule has 0 saturated carbocycles. The van der Waals surface area contributed by atoms with E-state index in [4.69, 9.17) is 4.52 Å². The van der Waals surface area contributed by atoms with Gasteiger partial charge in [0.2, 0.25) is 11.7 Å². The maximum Gasteiger partial charge on any atom is 0.231 e. The third-order valence-electron chi connectivity index (χ3n) is 4.23. The smallest absolute Gasteiger partial charge is 0.231 e. The molecule has 1 unspecified atom stereocenters. The lowest BCUT2D eigenvalue weighted by atomic mass is 10.1. The summed E-state index contributed by atoms with van der Waals surface area (Å²) in [6, 6.07) is 14.4. The standard InChI is InChI=1S/C18H18N4O/c1-2-5-14(6-3-1)12-22-10-8-16(13-22)18-20-17(21-23-18)15-7-4-9-19-11-15/h1-7,9,11,16H,8,10,12-13H2. The monoisotopic (exact) mass is 306 g/mol. The predicted octanol–water partition coefficient (Wildman–Crippen LogP) is 3.12. The molecule has 1 atom stereocenters. The lowest BCUT2D eigenvalue weighted by Crippen LogP contribution is -2.19. The van der Waals surface area contributed by atoms with Crippen molar-refractivity contribution in [2.24, 2.45) is 0 Å². The Bertz CT molecular complexity index is 757. The Labute approximate surface area is 135 Å². The maximum atomic E-state index is 5.49. The Morgan fingerprint density at radius 2 is 2.04 bits per heavy atom. The van der Waals surface area contributed by atoms with E-state index in [1.807, 2.05) is 12.1 Å². The second-order valence-electron chi connectivity index (χ2n) is 5.90. The van der Waals surface area contributed by atoms with Crippen molar-refractivity contribution < 1.29 is 4.52 Å². The molecular weight excluding hydrogens is 288 g/mol. The van der Waals surface area contributed by atoms with Gasteiger partial charge in [0, 0.05) is 31.0 Å². The summed E-state index contributed by atoms with van der Waals surface area (Å²) >= 11 is 0. The van der Waals surface area contributed by atoms with Crippen molar-refractivity contribution in [3.8, 4) is 11.4 Å². The highest BCUT2D eigenvalue weighted by atomic mass is 16.5. The van der Waals surface area contributed by atoms with Crippen LogP contribution in [0.2, 0.25) is 0 Å². The number of nitrogens with zero attached hydrogens (tertiary/aromatic N) is 4. The highest BCUT2D eigenvalue weighted by molar-refractivity contribution is 5.51. The number of benzene rings is 1. The third-order valence-corrected chi connectivity index (χ3v) is 4.23. The fraction of sp³-hybridized carbons (Fsp3) is 0.278. The number of hydrogen-bond acceptors (Lipinski definition) is 5. The zero-order valence-electron chi connectivity index (χ0n) is 12.8. The highest BCUT2D eigenvalue weighted by Crippen LogP contribution is 2.28. The Morgan fingerprint density at radius 3 is 2.87 bits per heavy atom. The lowest BCUT2D eigenvalue weighted by Gasteiger charge is -2.14. The molecule has 5 heteroatoms. The molecule has 1 aliphatic heterocycles. The van der Waals surface area contributed by atoms with Crippen molar-refractivity contribution in [3.63, 3.8) is 0 Å². The molecule has 0 N–H and O–H groups in total. The summed E-state index contributed by atoms with van der Waals surface area (Å²) in [4.78, 5) is 11.1. The van der Waals surface area contributed by atoms with E-state index >= 15 is 0 Å². The third kappa shape index (κ3) is 3.14. The second kappa shape index (κ2) is 6.30. The average molecular weight is 306 g/mol. The van der Waals surface area contributed by atoms with Gasteiger partial charge in [-0.1, -0.05) is 35.5 Å². The zero-order valence-corrected chi connectivity index (χ0v) is 12.8. The van der Waals surface area contributed by atoms with E-state index in [0.29, 0.717) is 11.7 Å². The molecule has 3 heterocycles. The molecule has 0 amide bonds. The van der Waals surface area contributed by atoms with Crippen LogP contribution >= 0.6 is 0 Å². The van der Waals surface area contributed by atoms with Crippen molar-refractivity contribution in [1.29, 1.82) is 0 Å². The number of pyridine rings is 1. The van der Waals surface area contributed by atoms with Crippen molar-refractivity contribution in [2.75, 3.05) is 13.1 Å². The van der Waals surface area contributed by atoms with Gasteiger partial charge in [0.05, 0.1) is 5.92 Å². The molecule has 2 aromatic heterocycles. The fourth-order valence-electron chi connectivity index (χ4n) is 3.03. The van der Waals surface area contributed by atoms with E-state index in [2.05, 4.69) is 50.4 Å². The fourth-order valence-corrected chi connectivity index (χ4v) is 3.03. The molecule has 0 spiro atoms. The van der Waals surface area contributed by atoms with Crippen LogP contribution in [0.15, 0.2) is 59.4 Å². The molecule has 1 saturated heterocycles. The van der Waals surface area contributed by atoms with Crippen LogP contribution in [0.1, 0.15) is 23.8 Å². The molecule has 1 aromatic carbocycles. The Morgan fingerprint density at radius 1 is 1.13 bits per heavy atom. The van der Waals surface area contributed by atoms with Crippen LogP contribution in [0.3, 0.4) is 0 Å². The van der Waals surface area contributed by atoms with Gasteiger partial charge in [0.25, 0.3) is 0 Å². The average Bonchev–Trinajstić information content (AvgIpc) is 3.26. The summed E-state index contributed by atoms with van der Waals surface area (Å²) in [5, 5.41) is 4.10. The van der Waals surface area contributed by atoms with E-state index in [0.717, 1.165) is 37.5 Å². The van der Waals surface area contributed by atoms with Crippen molar-refractivity contribution in [2.45, 2.75) is 18.9 Å². The summed E-state index contributed by atoms with van der Waals surface area (Å²) in [5.41, 5.74) is 2.23. The van der Waals surface area contributed by atoms with Gasteiger partial charge in [0.1, 0.15) is 0 Å². The van der Waals surface area contributed by atoms with Crippen LogP contribution in [-0.4, -0.2) is 33.1 Å². The van der Waals surface area contributed by atoms with Crippen molar-refractivity contribution in [3.05, 3.63) is 66.3 Å². The van der Waals surface area contributed by atoms with Crippen LogP contribution in [0.25, 0.3) is 11.4 Å². The largest absolute Gasteiger partial charge is 0.339 e. The van der Waals surface area contributed by atoms with Gasteiger partial charge in [-0.3, -0.25) is 9.88 Å². The molecule has 1 aliphatic rings. The van der Waals surface area contributed by atoms with Gasteiger partial charge in [-0.15, -0.1) is 0 Å². The SMILES string of the molecule is c1ccc(CN2CCC(c3nc(-c4cccnc4)no3)C2)cc1. The minimum absolute atomic E-state index is 0.316. The topological polar surface area (TPSA) is 55.1 Å². The van der Waals surface area contributed by atoms with Crippen LogP contribution in [0, 0.1) is 0 Å². The van der Waals surface area contributed by atoms with E-state index in [9.17, 15) is 0 Å². The maximum absolute atomic E-state index is 5.49. The normalized spacial score (nSPS) is 18.3. The summed E-state index contributed by atoms with van der Waals surface area (Å²) in [5.74, 6) is 1.67. The molecule has 3 aromatic rings. The van der Waals surface area contributed by atoms with Crippen LogP contribution in [0.4, 0.5) is 0 Å². The number of aromatic nitrogens is 3. The first kappa shape index (κ1) is 14.1. The Hall–Kier alpha value is -2.53. The molecule has 5 nitrogen and oxygen atoms in total. The summed E-state index contributed by atoms with van der Waals surface area (Å²) < 4.78 is 5.49. The first-order chi connectivity index (χ1) is 11.4. The van der Waals surface area contributed by atoms with Crippen LogP contribution < -0.4 is 0 Å². The van der Waals surface area contributed by atoms with E-state index in [1.165, 1.54) is 5.56 Å². The van der Waals surface area contributed by atoms with Gasteiger partial charge in [-0.05, 0) is 30.7 Å². The minimum Gasteiger partial charge on any atom is -0.339 e. The molecule has 4 rings (SSSR count). The predicted molar refractivity (Wildman–Crippen MR) is 86.6 cm³/mol. The first-order valence-corrected chi connectivity index (χ1v) is 7.89. The van der Waals surface area contributed by atoms with E-state index in [1.54, 1.807) is 12.4 Å². The van der Waals surface area contributed by atoms with Gasteiger partial charge in [0.15, 0.2) is 0 Å². The van der Waals surface area contributed by atoms with Crippen molar-refractivity contribution in [1.82, 2.24) is 20.0 Å². The lowest BCUT2D eigenvalue weighted by molar-refractivity contribution is 0.309. The molecular formula is C18H18N4O. The zero-order chi connectivity index (χ0) is 15.5. The molecule has 0 radical (unpaired) electrons. The Kier molecular flexibility index (Phi) is 3.86. The van der Waals surface area contributed by atoms with E-state index < -0.39 is 0 Å². The minimum atomic E-state index is 0.316. The van der Waals surface area contributed by atoms with Crippen LogP contribution in [-0.2, 0) is 6.54 Å². The molecule has 1 fully saturated rings. The van der Waals surface area contributed by atoms with Gasteiger partial charge in [-0.25, -0.2) is 0 Å². The number of hydrogen-bond donors (Lipinski definition) is 0. The van der Waals surface area contributed by atoms with Crippen molar-refractivity contribution >= 4 is 0 Å². The summed E-state index contributed by atoms with van der Waals surface area (Å²) in [6.07, 6.45) is 4.55.